The van der Waals surface area contributed by atoms with Crippen LogP contribution < -0.4 is 51.6 Å². The minimum absolute atomic E-state index is 0. The Kier molecular flexibility index (Phi) is 50.7. The molecule has 4 atom stereocenters. The van der Waals surface area contributed by atoms with Crippen molar-refractivity contribution in [1.82, 2.24) is 41.7 Å². The molecule has 0 spiro atoms. The second kappa shape index (κ2) is 58.2. The van der Waals surface area contributed by atoms with Crippen molar-refractivity contribution < 1.29 is 106 Å². The first-order valence-electron chi connectivity index (χ1n) is 50.4. The average molecular weight is 2130 g/mol. The molecule has 8 aromatic carbocycles. The standard InChI is InChI=1S/C33H49BN2O6.C27H39BN2O6.C27H37BrN2O4.C27H38N2O4.CH2O2.CH4/c1-13-27(31(5,6)7)36(30(38)24-19-21(2)18-22(3)20-24)35-29(37)25-14-15-26(28(23(25)4)40-17-16-39-12)34-41-32(8,9)33(10,11)42-34;1-9-23(27(5,6)7)30(26(32)20-15-17(2)14-18(3)16-20)29-25(31)21-10-11-22(28(33)34)24(19(21)4)36-13-12-35-8;1-9-23(27(5,6)7)30(26(32)20-15-17(2)14-18(3)16-20)29-25(31)21-10-11-22(28)24(19(21)4)34-13-12-33-8;1-9-24(27(5,6)7)29(26(31)21-16-18(2)15-19(3)17-21)28-25(30)22-11-10-12-23(20(22)4)33-14-13-32-8;2-1-3;/h14-15,18-20,27H,13,16-17H2,1-12H3,(H,35,37);10-11,14-16,23,33-34H,9,12-13H2,1-8H3,(H,29,31);10-11,14-16,23H,9,12-13H2,1-8H3,(H,29,31);10-12,15-17,24H,9,13-14H2,1-8H3,(H,28,30);1H,(H,2,3);1H4/t27-;2*23-;24-;;/m1111../s1. The highest BCUT2D eigenvalue weighted by Crippen LogP contribution is 2.40. The smallest absolute Gasteiger partial charge is 0.491 e. The zero-order valence-electron chi connectivity index (χ0n) is 94.4. The Hall–Kier alpha value is -11.5. The molecule has 149 heavy (non-hydrogen) atoms. The third-order valence-electron chi connectivity index (χ3n) is 25.9. The highest BCUT2D eigenvalue weighted by Gasteiger charge is 2.53. The summed E-state index contributed by atoms with van der Waals surface area (Å²) in [4.78, 5) is 118. The van der Waals surface area contributed by atoms with E-state index in [1.807, 2.05) is 237 Å². The lowest BCUT2D eigenvalue weighted by Crippen LogP contribution is -2.56. The van der Waals surface area contributed by atoms with Gasteiger partial charge in [0.2, 0.25) is 0 Å². The largest absolute Gasteiger partial charge is 0.498 e. The normalized spacial score (nSPS) is 13.2. The van der Waals surface area contributed by atoms with Crippen LogP contribution in [-0.4, -0.2) is 220 Å². The summed E-state index contributed by atoms with van der Waals surface area (Å²) in [5, 5.41) is 32.4. The number of carbonyl (C=O) groups excluding carboxylic acids is 8. The van der Waals surface area contributed by atoms with Crippen LogP contribution in [0.25, 0.3) is 0 Å². The molecule has 7 N–H and O–H groups in total. The molecule has 1 aliphatic heterocycles. The van der Waals surface area contributed by atoms with E-state index in [4.69, 9.17) is 57.1 Å². The van der Waals surface area contributed by atoms with Gasteiger partial charge in [-0.1, -0.05) is 205 Å². The maximum Gasteiger partial charge on any atom is 0.498 e. The minimum atomic E-state index is -1.77. The Morgan fingerprint density at radius 1 is 0.376 bits per heavy atom. The van der Waals surface area contributed by atoms with E-state index in [0.717, 1.165) is 49.0 Å². The number of halogens is 1. The van der Waals surface area contributed by atoms with Crippen LogP contribution in [0.1, 0.15) is 321 Å². The molecule has 0 bridgehead atoms. The second-order valence-corrected chi connectivity index (χ2v) is 43.7. The molecule has 1 fully saturated rings. The van der Waals surface area contributed by atoms with Crippen LogP contribution >= 0.6 is 15.9 Å². The molecular weight excluding hydrogens is 1960 g/mol. The summed E-state index contributed by atoms with van der Waals surface area (Å²) in [6.07, 6.45) is 2.66. The van der Waals surface area contributed by atoms with Crippen LogP contribution in [0.5, 0.6) is 23.0 Å². The molecule has 8 aromatic rings. The predicted octanol–water partition coefficient (Wildman–Crippen LogP) is 20.1. The Morgan fingerprint density at radius 3 is 0.899 bits per heavy atom. The monoisotopic (exact) mass is 2130 g/mol. The molecule has 1 aliphatic rings. The molecule has 30 nitrogen and oxygen atoms in total. The average Bonchev–Trinajstić information content (AvgIpc) is 1.66. The summed E-state index contributed by atoms with van der Waals surface area (Å²) in [5.74, 6) is -0.683. The number of benzene rings is 8. The zero-order chi connectivity index (χ0) is 112. The van der Waals surface area contributed by atoms with E-state index >= 15 is 0 Å². The fraction of sp³-hybridized carbons (Fsp3) is 0.509. The summed E-state index contributed by atoms with van der Waals surface area (Å²) >= 11 is 3.50. The quantitative estimate of drug-likeness (QED) is 0.00852. The molecule has 9 rings (SSSR count). The Balaban J connectivity index is 0.000000410. The van der Waals surface area contributed by atoms with Crippen LogP contribution in [0.3, 0.4) is 0 Å². The van der Waals surface area contributed by atoms with Gasteiger partial charge in [0, 0.05) is 106 Å². The zero-order valence-corrected chi connectivity index (χ0v) is 96.0. The van der Waals surface area contributed by atoms with Gasteiger partial charge in [-0.15, -0.1) is 0 Å². The van der Waals surface area contributed by atoms with Crippen LogP contribution in [0, 0.1) is 105 Å². The lowest BCUT2D eigenvalue weighted by atomic mass is 9.76. The first kappa shape index (κ1) is 130. The molecule has 818 valence electrons. The van der Waals surface area contributed by atoms with Crippen LogP contribution in [0.4, 0.5) is 0 Å². The number of rotatable bonds is 34. The van der Waals surface area contributed by atoms with Gasteiger partial charge in [-0.3, -0.25) is 64.9 Å². The number of nitrogens with zero attached hydrogens (tertiary/aromatic N) is 4. The van der Waals surface area contributed by atoms with Gasteiger partial charge in [-0.05, 0) is 259 Å². The van der Waals surface area contributed by atoms with Gasteiger partial charge in [0.25, 0.3) is 53.7 Å². The van der Waals surface area contributed by atoms with E-state index in [1.54, 1.807) is 58.6 Å². The van der Waals surface area contributed by atoms with Crippen molar-refractivity contribution in [3.05, 3.63) is 243 Å². The number of aryl methyl sites for hydroxylation is 8. The summed E-state index contributed by atoms with van der Waals surface area (Å²) in [6, 6.07) is 37.2. The van der Waals surface area contributed by atoms with Gasteiger partial charge in [-0.2, -0.15) is 0 Å². The Morgan fingerprint density at radius 2 is 0.624 bits per heavy atom. The molecule has 0 radical (unpaired) electrons. The fourth-order valence-electron chi connectivity index (χ4n) is 18.1. The first-order valence-corrected chi connectivity index (χ1v) is 51.2. The first-order chi connectivity index (χ1) is 69.0. The van der Waals surface area contributed by atoms with Gasteiger partial charge in [0.1, 0.15) is 49.4 Å². The highest BCUT2D eigenvalue weighted by atomic mass is 79.9. The maximum absolute atomic E-state index is 14.0. The number of ether oxygens (including phenoxy) is 8. The van der Waals surface area contributed by atoms with Crippen LogP contribution in [0.2, 0.25) is 0 Å². The van der Waals surface area contributed by atoms with Gasteiger partial charge in [0.15, 0.2) is 0 Å². The number of nitrogens with one attached hydrogen (secondary N) is 4. The SMILES string of the molecule is C.CC[C@@H](N(NC(=O)c1ccc(B(O)O)c(OCCOC)c1C)C(=O)c1cc(C)cc(C)c1)C(C)(C)C.CC[C@@H](N(NC(=O)c1ccc(B2OC(C)(C)C(C)(C)O2)c(OCCOC)c1C)C(=O)c1cc(C)cc(C)c1)C(C)(C)C.CC[C@@H](N(NC(=O)c1ccc(Br)c(OCCOC)c1C)C(=O)c1cc(C)cc(C)c1)C(C)(C)C.CC[C@@H](N(NC(=O)c1cccc(OCCOC)c1C)C(=O)c1cc(C)cc(C)c1)C(C)(C)C.O=CO. The molecule has 0 saturated carbocycles. The van der Waals surface area contributed by atoms with E-state index in [9.17, 15) is 48.4 Å². The highest BCUT2D eigenvalue weighted by molar-refractivity contribution is 9.10. The van der Waals surface area contributed by atoms with Gasteiger partial charge in [0.05, 0.1) is 66.3 Å². The molecule has 1 heterocycles. The lowest BCUT2D eigenvalue weighted by molar-refractivity contribution is -0.122. The van der Waals surface area contributed by atoms with E-state index in [-0.39, 0.29) is 125 Å². The molecular formula is C116H169B2BrN8O22. The van der Waals surface area contributed by atoms with Crippen molar-refractivity contribution in [2.45, 2.75) is 290 Å². The number of amides is 8. The van der Waals surface area contributed by atoms with Crippen molar-refractivity contribution in [2.24, 2.45) is 21.7 Å². The fourth-order valence-corrected chi connectivity index (χ4v) is 18.7. The predicted molar refractivity (Wildman–Crippen MR) is 595 cm³/mol. The van der Waals surface area contributed by atoms with E-state index in [2.05, 4.69) is 99.9 Å². The van der Waals surface area contributed by atoms with Gasteiger partial charge >= 0.3 is 14.2 Å². The van der Waals surface area contributed by atoms with Crippen molar-refractivity contribution in [3.63, 3.8) is 0 Å². The topological polar surface area (TPSA) is 368 Å². The number of hydrazine groups is 4. The lowest BCUT2D eigenvalue weighted by Gasteiger charge is -2.39. The van der Waals surface area contributed by atoms with Crippen LogP contribution in [0.15, 0.2) is 132 Å². The molecule has 33 heteroatoms. The van der Waals surface area contributed by atoms with Crippen molar-refractivity contribution in [2.75, 3.05) is 81.3 Å². The van der Waals surface area contributed by atoms with Crippen molar-refractivity contribution >= 4 is 94.8 Å². The number of methoxy groups -OCH3 is 4. The number of carbonyl (C=O) groups is 9. The second-order valence-electron chi connectivity index (χ2n) is 42.9. The van der Waals surface area contributed by atoms with E-state index in [1.165, 1.54) is 39.3 Å². The molecule has 8 amide bonds. The summed E-state index contributed by atoms with van der Waals surface area (Å²) < 4.78 is 57.2. The van der Waals surface area contributed by atoms with Crippen LogP contribution in [-0.2, 0) is 33.1 Å². The maximum atomic E-state index is 14.0. The molecule has 0 aromatic heterocycles. The minimum Gasteiger partial charge on any atom is -0.491 e. The molecule has 0 unspecified atom stereocenters. The molecule has 1 saturated heterocycles. The number of hydrogen-bond acceptors (Lipinski definition) is 21. The molecule has 0 aliphatic carbocycles. The third-order valence-corrected chi connectivity index (χ3v) is 26.5. The third kappa shape index (κ3) is 36.4. The number of carboxylic acid groups (broad SMARTS) is 1. The van der Waals surface area contributed by atoms with Crippen molar-refractivity contribution in [3.8, 4) is 23.0 Å². The Labute approximate surface area is 895 Å². The number of hydrogen-bond donors (Lipinski definition) is 7. The Bertz CT molecular complexity index is 5740. The van der Waals surface area contributed by atoms with Crippen molar-refractivity contribution in [1.29, 1.82) is 0 Å². The van der Waals surface area contributed by atoms with E-state index in [0.29, 0.717) is 149 Å². The summed E-state index contributed by atoms with van der Waals surface area (Å²) in [7, 11) is 3.91. The summed E-state index contributed by atoms with van der Waals surface area (Å²) in [5.41, 5.74) is 24.4. The summed E-state index contributed by atoms with van der Waals surface area (Å²) in [6.45, 7) is 66.1. The van der Waals surface area contributed by atoms with Gasteiger partial charge < -0.3 is 62.4 Å². The van der Waals surface area contributed by atoms with E-state index < -0.39 is 37.3 Å². The van der Waals surface area contributed by atoms with Gasteiger partial charge in [-0.25, -0.2) is 20.0 Å².